The molecule has 1 unspecified atom stereocenters. The molecule has 1 atom stereocenters. The van der Waals surface area contributed by atoms with Gasteiger partial charge in [0.2, 0.25) is 0 Å². The first-order chi connectivity index (χ1) is 11.0. The van der Waals surface area contributed by atoms with Gasteiger partial charge in [0.1, 0.15) is 10.7 Å². The van der Waals surface area contributed by atoms with Gasteiger partial charge in [-0.25, -0.2) is 9.97 Å². The zero-order valence-corrected chi connectivity index (χ0v) is 17.1. The smallest absolute Gasteiger partial charge is 0.192 e. The Labute approximate surface area is 149 Å². The molecule has 2 aromatic rings. The number of aryl methyl sites for hydroxylation is 1. The van der Waals surface area contributed by atoms with Crippen LogP contribution in [0.4, 0.5) is 5.69 Å². The van der Waals surface area contributed by atoms with E-state index in [-0.39, 0.29) is 11.1 Å². The maximum absolute atomic E-state index is 6.63. The van der Waals surface area contributed by atoms with E-state index in [4.69, 9.17) is 26.7 Å². The lowest BCUT2D eigenvalue weighted by molar-refractivity contribution is 0.181. The molecule has 0 saturated carbocycles. The number of rotatable bonds is 2. The van der Waals surface area contributed by atoms with Crippen LogP contribution in [-0.4, -0.2) is 18.3 Å². The lowest BCUT2D eigenvalue weighted by Gasteiger charge is -2.38. The molecule has 0 radical (unpaired) electrons. The zero-order chi connectivity index (χ0) is 17.9. The Morgan fingerprint density at radius 1 is 1.25 bits per heavy atom. The molecular formula is C18H26ClN3OSi. The number of anilines is 1. The summed E-state index contributed by atoms with van der Waals surface area (Å²) < 4.78 is 6.63. The summed E-state index contributed by atoms with van der Waals surface area (Å²) in [6.45, 7) is 13.3. The van der Waals surface area contributed by atoms with Gasteiger partial charge in [0, 0.05) is 5.56 Å². The Bertz CT molecular complexity index is 814. The quantitative estimate of drug-likeness (QED) is 0.589. The number of hydrogen-bond donors (Lipinski definition) is 1. The summed E-state index contributed by atoms with van der Waals surface area (Å²) in [7, 11) is -1.86. The minimum atomic E-state index is -1.86. The van der Waals surface area contributed by atoms with Crippen molar-refractivity contribution in [1.29, 1.82) is 0 Å². The van der Waals surface area contributed by atoms with E-state index in [2.05, 4.69) is 38.8 Å². The van der Waals surface area contributed by atoms with Gasteiger partial charge in [-0.15, -0.1) is 0 Å². The molecule has 0 aliphatic heterocycles. The van der Waals surface area contributed by atoms with Crippen molar-refractivity contribution in [2.45, 2.75) is 64.8 Å². The van der Waals surface area contributed by atoms with Gasteiger partial charge in [-0.3, -0.25) is 0 Å². The highest BCUT2D eigenvalue weighted by Crippen LogP contribution is 2.45. The number of nitrogens with zero attached hydrogens (tertiary/aromatic N) is 2. The van der Waals surface area contributed by atoms with Crippen molar-refractivity contribution in [1.82, 2.24) is 9.97 Å². The monoisotopic (exact) mass is 363 g/mol. The van der Waals surface area contributed by atoms with Gasteiger partial charge < -0.3 is 10.2 Å². The van der Waals surface area contributed by atoms with Crippen LogP contribution in [0.1, 0.15) is 50.1 Å². The normalized spacial score (nSPS) is 18.2. The molecular weight excluding hydrogens is 338 g/mol. The fourth-order valence-electron chi connectivity index (χ4n) is 3.01. The van der Waals surface area contributed by atoms with Crippen molar-refractivity contribution >= 4 is 36.6 Å². The molecule has 0 spiro atoms. The standard InChI is InChI=1S/C18H26ClN3OSi/c1-10-9-13(19)21-17-14(20)11-7-8-12(16(11)22-15(10)17)23-24(5,6)18(2,3)4/h9,12H,7-8H2,1-6H3,(H2,20,22). The highest BCUT2D eigenvalue weighted by atomic mass is 35.5. The SMILES string of the molecule is Cc1cc(Cl)nc2c(N)c3c(nc12)C(O[Si](C)(C)C(C)(C)C)CC3. The lowest BCUT2D eigenvalue weighted by Crippen LogP contribution is -2.41. The third-order valence-corrected chi connectivity index (χ3v) is 10.2. The molecule has 2 N–H and O–H groups in total. The minimum Gasteiger partial charge on any atom is -0.408 e. The van der Waals surface area contributed by atoms with E-state index in [1.807, 2.05) is 13.0 Å². The molecule has 130 valence electrons. The topological polar surface area (TPSA) is 61.0 Å². The molecule has 1 aliphatic carbocycles. The minimum absolute atomic E-state index is 0.0302. The average molecular weight is 364 g/mol. The second kappa shape index (κ2) is 5.68. The Morgan fingerprint density at radius 2 is 1.92 bits per heavy atom. The van der Waals surface area contributed by atoms with Gasteiger partial charge in [-0.1, -0.05) is 32.4 Å². The van der Waals surface area contributed by atoms with Gasteiger partial charge in [0.15, 0.2) is 8.32 Å². The fourth-order valence-corrected chi connectivity index (χ4v) is 4.55. The maximum atomic E-state index is 6.63. The Kier molecular flexibility index (Phi) is 4.18. The molecule has 1 aliphatic rings. The summed E-state index contributed by atoms with van der Waals surface area (Å²) in [5.41, 5.74) is 11.8. The van der Waals surface area contributed by atoms with E-state index < -0.39 is 8.32 Å². The number of aromatic nitrogens is 2. The van der Waals surface area contributed by atoms with Crippen LogP contribution in [0.3, 0.4) is 0 Å². The van der Waals surface area contributed by atoms with Gasteiger partial charge >= 0.3 is 0 Å². The molecule has 0 fully saturated rings. The summed E-state index contributed by atoms with van der Waals surface area (Å²) in [6.07, 6.45) is 1.85. The number of pyridine rings is 2. The molecule has 4 nitrogen and oxygen atoms in total. The average Bonchev–Trinajstić information content (AvgIpc) is 2.82. The third kappa shape index (κ3) is 2.83. The number of halogens is 1. The fraction of sp³-hybridized carbons (Fsp3) is 0.556. The number of nitrogens with two attached hydrogens (primary N) is 1. The first kappa shape index (κ1) is 17.6. The Morgan fingerprint density at radius 3 is 2.54 bits per heavy atom. The first-order valence-electron chi connectivity index (χ1n) is 8.44. The number of fused-ring (bicyclic) bond motifs is 2. The van der Waals surface area contributed by atoms with Crippen molar-refractivity contribution in [3.05, 3.63) is 28.0 Å². The second-order valence-corrected chi connectivity index (χ2v) is 13.4. The molecule has 0 amide bonds. The van der Waals surface area contributed by atoms with Crippen LogP contribution in [0.15, 0.2) is 6.07 Å². The molecule has 0 saturated heterocycles. The summed E-state index contributed by atoms with van der Waals surface area (Å²) in [6, 6.07) is 1.83. The Hall–Kier alpha value is -1.17. The molecule has 2 aromatic heterocycles. The molecule has 6 heteroatoms. The number of hydrogen-bond acceptors (Lipinski definition) is 4. The molecule has 0 aromatic carbocycles. The Balaban J connectivity index is 2.09. The maximum Gasteiger partial charge on any atom is 0.192 e. The van der Waals surface area contributed by atoms with Gasteiger partial charge in [0.25, 0.3) is 0 Å². The summed E-state index contributed by atoms with van der Waals surface area (Å²) in [4.78, 5) is 9.30. The van der Waals surface area contributed by atoms with Crippen LogP contribution in [-0.2, 0) is 10.8 Å². The van der Waals surface area contributed by atoms with E-state index in [9.17, 15) is 0 Å². The largest absolute Gasteiger partial charge is 0.408 e. The summed E-state index contributed by atoms with van der Waals surface area (Å²) >= 11 is 6.10. The highest BCUT2D eigenvalue weighted by molar-refractivity contribution is 6.74. The van der Waals surface area contributed by atoms with Crippen molar-refractivity contribution < 1.29 is 4.43 Å². The van der Waals surface area contributed by atoms with Crippen molar-refractivity contribution in [3.63, 3.8) is 0 Å². The highest BCUT2D eigenvalue weighted by Gasteiger charge is 2.41. The molecule has 3 rings (SSSR count). The summed E-state index contributed by atoms with van der Waals surface area (Å²) in [5, 5.41) is 0.629. The summed E-state index contributed by atoms with van der Waals surface area (Å²) in [5.74, 6) is 0. The van der Waals surface area contributed by atoms with Crippen LogP contribution < -0.4 is 5.73 Å². The van der Waals surface area contributed by atoms with E-state index >= 15 is 0 Å². The second-order valence-electron chi connectivity index (χ2n) is 8.25. The van der Waals surface area contributed by atoms with Crippen LogP contribution in [0.5, 0.6) is 0 Å². The van der Waals surface area contributed by atoms with Crippen molar-refractivity contribution in [2.24, 2.45) is 0 Å². The first-order valence-corrected chi connectivity index (χ1v) is 11.7. The van der Waals surface area contributed by atoms with E-state index in [0.717, 1.165) is 35.2 Å². The predicted octanol–water partition coefficient (Wildman–Crippen LogP) is 5.18. The van der Waals surface area contributed by atoms with Crippen molar-refractivity contribution in [2.75, 3.05) is 5.73 Å². The zero-order valence-electron chi connectivity index (χ0n) is 15.3. The lowest BCUT2D eigenvalue weighted by atomic mass is 10.1. The van der Waals surface area contributed by atoms with E-state index in [0.29, 0.717) is 16.4 Å². The van der Waals surface area contributed by atoms with Crippen molar-refractivity contribution in [3.8, 4) is 0 Å². The van der Waals surface area contributed by atoms with Crippen LogP contribution in [0.2, 0.25) is 23.3 Å². The van der Waals surface area contributed by atoms with E-state index in [1.54, 1.807) is 0 Å². The predicted molar refractivity (Wildman–Crippen MR) is 103 cm³/mol. The van der Waals surface area contributed by atoms with Gasteiger partial charge in [-0.2, -0.15) is 0 Å². The van der Waals surface area contributed by atoms with Gasteiger partial charge in [0.05, 0.1) is 23.0 Å². The third-order valence-electron chi connectivity index (χ3n) is 5.48. The van der Waals surface area contributed by atoms with Gasteiger partial charge in [-0.05, 0) is 49.5 Å². The molecule has 0 bridgehead atoms. The molecule has 24 heavy (non-hydrogen) atoms. The van der Waals surface area contributed by atoms with Crippen LogP contribution in [0, 0.1) is 6.92 Å². The number of nitrogen functional groups attached to an aromatic ring is 1. The van der Waals surface area contributed by atoms with E-state index in [1.165, 1.54) is 0 Å². The van der Waals surface area contributed by atoms with Crippen LogP contribution >= 0.6 is 11.6 Å². The van der Waals surface area contributed by atoms with Crippen LogP contribution in [0.25, 0.3) is 11.0 Å². The molecule has 2 heterocycles.